The van der Waals surface area contributed by atoms with Crippen LogP contribution in [-0.4, -0.2) is 14.2 Å². The predicted octanol–water partition coefficient (Wildman–Crippen LogP) is 7.36. The molecule has 3 heteroatoms. The molecular weight excluding hydrogens is 440 g/mol. The van der Waals surface area contributed by atoms with Crippen LogP contribution in [0, 0.1) is 6.92 Å². The van der Waals surface area contributed by atoms with Gasteiger partial charge in [-0.25, -0.2) is 0 Å². The predicted molar refractivity (Wildman–Crippen MR) is 147 cm³/mol. The van der Waals surface area contributed by atoms with E-state index >= 15 is 0 Å². The number of nitrogens with zero attached hydrogens (tertiary/aromatic N) is 2. The van der Waals surface area contributed by atoms with E-state index in [1.807, 2.05) is 12.1 Å². The fourth-order valence-electron chi connectivity index (χ4n) is 6.67. The molecule has 0 saturated heterocycles. The van der Waals surface area contributed by atoms with Crippen LogP contribution in [0.5, 0.6) is 5.75 Å². The van der Waals surface area contributed by atoms with Gasteiger partial charge in [0.15, 0.2) is 0 Å². The largest absolute Gasteiger partial charge is 0.508 e. The van der Waals surface area contributed by atoms with E-state index in [-0.39, 0.29) is 11.8 Å². The Kier molecular flexibility index (Phi) is 4.47. The number of aromatic nitrogens is 2. The van der Waals surface area contributed by atoms with Gasteiger partial charge in [0.25, 0.3) is 0 Å². The quantitative estimate of drug-likeness (QED) is 0.282. The Balaban J connectivity index is 1.70. The summed E-state index contributed by atoms with van der Waals surface area (Å²) >= 11 is 0. The van der Waals surface area contributed by atoms with Crippen LogP contribution < -0.4 is 0 Å². The molecule has 0 fully saturated rings. The Bertz CT molecular complexity index is 1670. The first-order valence-corrected chi connectivity index (χ1v) is 12.5. The van der Waals surface area contributed by atoms with Crippen LogP contribution in [0.4, 0.5) is 0 Å². The summed E-state index contributed by atoms with van der Waals surface area (Å²) < 4.78 is 4.78. The number of para-hydroxylation sites is 2. The highest BCUT2D eigenvalue weighted by atomic mass is 16.3. The van der Waals surface area contributed by atoms with E-state index in [1.54, 1.807) is 6.07 Å². The molecule has 2 unspecified atom stereocenters. The summed E-state index contributed by atoms with van der Waals surface area (Å²) in [6.07, 6.45) is 0. The molecule has 1 aliphatic rings. The average molecular weight is 469 g/mol. The SMILES string of the molecule is Cc1cccc(C2c3c(n(C)c4ccccc34)C(c3cccc(O)c3)c3c2n(C)c2ccccc32)c1. The molecule has 0 radical (unpaired) electrons. The van der Waals surface area contributed by atoms with Crippen LogP contribution in [0.25, 0.3) is 21.8 Å². The number of aromatic hydroxyl groups is 1. The Morgan fingerprint density at radius 3 is 1.61 bits per heavy atom. The maximum absolute atomic E-state index is 10.5. The second kappa shape index (κ2) is 7.63. The van der Waals surface area contributed by atoms with E-state index in [0.717, 1.165) is 5.56 Å². The molecule has 0 saturated carbocycles. The zero-order chi connectivity index (χ0) is 24.6. The van der Waals surface area contributed by atoms with Gasteiger partial charge < -0.3 is 14.2 Å². The molecule has 1 N–H and O–H groups in total. The number of hydrogen-bond acceptors (Lipinski definition) is 1. The number of rotatable bonds is 2. The van der Waals surface area contributed by atoms with E-state index in [4.69, 9.17) is 0 Å². The first kappa shape index (κ1) is 21.1. The third kappa shape index (κ3) is 2.80. The van der Waals surface area contributed by atoms with Crippen molar-refractivity contribution in [2.24, 2.45) is 14.1 Å². The summed E-state index contributed by atoms with van der Waals surface area (Å²) in [7, 11) is 4.40. The molecule has 3 nitrogen and oxygen atoms in total. The minimum atomic E-state index is 0.00617. The second-order valence-corrected chi connectivity index (χ2v) is 10.1. The number of hydrogen-bond donors (Lipinski definition) is 1. The molecule has 7 rings (SSSR count). The number of benzene rings is 4. The molecule has 0 bridgehead atoms. The highest BCUT2D eigenvalue weighted by molar-refractivity contribution is 5.94. The van der Waals surface area contributed by atoms with E-state index < -0.39 is 0 Å². The lowest BCUT2D eigenvalue weighted by Gasteiger charge is -2.33. The normalized spacial score (nSPS) is 16.9. The molecule has 0 amide bonds. The van der Waals surface area contributed by atoms with Crippen LogP contribution >= 0.6 is 0 Å². The second-order valence-electron chi connectivity index (χ2n) is 10.1. The summed E-state index contributed by atoms with van der Waals surface area (Å²) in [6.45, 7) is 2.17. The fourth-order valence-corrected chi connectivity index (χ4v) is 6.67. The molecule has 2 atom stereocenters. The van der Waals surface area contributed by atoms with Crippen molar-refractivity contribution < 1.29 is 5.11 Å². The van der Waals surface area contributed by atoms with E-state index in [1.165, 1.54) is 55.4 Å². The summed E-state index contributed by atoms with van der Waals surface area (Å²) in [4.78, 5) is 0. The molecular formula is C33H28N2O. The molecule has 1 aliphatic carbocycles. The molecule has 0 aliphatic heterocycles. The van der Waals surface area contributed by atoms with Crippen molar-refractivity contribution in [3.63, 3.8) is 0 Å². The lowest BCUT2D eigenvalue weighted by molar-refractivity contribution is 0.474. The van der Waals surface area contributed by atoms with Crippen molar-refractivity contribution in [1.82, 2.24) is 9.13 Å². The Morgan fingerprint density at radius 1 is 0.583 bits per heavy atom. The molecule has 4 aromatic carbocycles. The van der Waals surface area contributed by atoms with Gasteiger partial charge in [-0.1, -0.05) is 78.4 Å². The highest BCUT2D eigenvalue weighted by Gasteiger charge is 2.41. The van der Waals surface area contributed by atoms with Crippen LogP contribution in [0.3, 0.4) is 0 Å². The zero-order valence-corrected chi connectivity index (χ0v) is 20.7. The summed E-state index contributed by atoms with van der Waals surface area (Å²) in [5, 5.41) is 13.1. The molecule has 6 aromatic rings. The van der Waals surface area contributed by atoms with Crippen molar-refractivity contribution in [3.8, 4) is 5.75 Å². The number of fused-ring (bicyclic) bond motifs is 6. The molecule has 0 spiro atoms. The summed E-state index contributed by atoms with van der Waals surface area (Å²) in [5.74, 6) is 0.411. The minimum absolute atomic E-state index is 0.00617. The van der Waals surface area contributed by atoms with Crippen molar-refractivity contribution in [3.05, 3.63) is 136 Å². The third-order valence-corrected chi connectivity index (χ3v) is 8.09. The summed E-state index contributed by atoms with van der Waals surface area (Å²) in [6, 6.07) is 34.3. The topological polar surface area (TPSA) is 30.1 Å². The minimum Gasteiger partial charge on any atom is -0.508 e. The van der Waals surface area contributed by atoms with Gasteiger partial charge in [-0.05, 0) is 53.4 Å². The number of aryl methyl sites for hydroxylation is 3. The number of phenols is 1. The van der Waals surface area contributed by atoms with Gasteiger partial charge in [0.2, 0.25) is 0 Å². The first-order chi connectivity index (χ1) is 17.5. The fraction of sp³-hybridized carbons (Fsp3) is 0.152. The van der Waals surface area contributed by atoms with Gasteiger partial charge in [0.05, 0.1) is 11.8 Å². The van der Waals surface area contributed by atoms with Gasteiger partial charge in [-0.3, -0.25) is 0 Å². The zero-order valence-electron chi connectivity index (χ0n) is 20.7. The van der Waals surface area contributed by atoms with Crippen molar-refractivity contribution >= 4 is 21.8 Å². The first-order valence-electron chi connectivity index (χ1n) is 12.5. The van der Waals surface area contributed by atoms with E-state index in [2.05, 4.69) is 109 Å². The maximum atomic E-state index is 10.5. The standard InChI is InChI=1S/C33H28N2O/c1-20-10-8-11-21(18-20)28-30-24-14-4-6-16-26(24)35(3)33(30)29(22-12-9-13-23(36)19-22)31-25-15-5-7-17-27(25)34(2)32(28)31/h4-19,28-29,36H,1-3H3. The van der Waals surface area contributed by atoms with Crippen LogP contribution in [-0.2, 0) is 14.1 Å². The maximum Gasteiger partial charge on any atom is 0.115 e. The molecule has 176 valence electrons. The average Bonchev–Trinajstić information content (AvgIpc) is 3.35. The van der Waals surface area contributed by atoms with Crippen molar-refractivity contribution in [2.45, 2.75) is 18.8 Å². The van der Waals surface area contributed by atoms with Gasteiger partial charge in [0.1, 0.15) is 5.75 Å². The molecule has 36 heavy (non-hydrogen) atoms. The lowest BCUT2D eigenvalue weighted by atomic mass is 9.72. The van der Waals surface area contributed by atoms with Gasteiger partial charge in [-0.2, -0.15) is 0 Å². The lowest BCUT2D eigenvalue weighted by Crippen LogP contribution is -2.22. The molecule has 2 heterocycles. The van der Waals surface area contributed by atoms with Crippen molar-refractivity contribution in [1.29, 1.82) is 0 Å². The Labute approximate surface area is 210 Å². The highest BCUT2D eigenvalue weighted by Crippen LogP contribution is 2.54. The smallest absolute Gasteiger partial charge is 0.115 e. The Hall–Kier alpha value is -4.24. The summed E-state index contributed by atoms with van der Waals surface area (Å²) in [5.41, 5.74) is 11.5. The third-order valence-electron chi connectivity index (χ3n) is 8.09. The monoisotopic (exact) mass is 468 g/mol. The van der Waals surface area contributed by atoms with E-state index in [0.29, 0.717) is 5.75 Å². The van der Waals surface area contributed by atoms with Gasteiger partial charge in [-0.15, -0.1) is 0 Å². The number of phenolic OH excluding ortho intramolecular Hbond substituents is 1. The molecule has 2 aromatic heterocycles. The van der Waals surface area contributed by atoms with Crippen molar-refractivity contribution in [2.75, 3.05) is 0 Å². The van der Waals surface area contributed by atoms with Crippen LogP contribution in [0.2, 0.25) is 0 Å². The van der Waals surface area contributed by atoms with Crippen LogP contribution in [0.15, 0.2) is 97.1 Å². The van der Waals surface area contributed by atoms with Gasteiger partial charge >= 0.3 is 0 Å². The Morgan fingerprint density at radius 2 is 1.08 bits per heavy atom. The van der Waals surface area contributed by atoms with Gasteiger partial charge in [0, 0.05) is 47.3 Å². The van der Waals surface area contributed by atoms with Crippen LogP contribution in [0.1, 0.15) is 51.0 Å². The van der Waals surface area contributed by atoms with E-state index in [9.17, 15) is 5.11 Å².